The Morgan fingerprint density at radius 1 is 0.381 bits per heavy atom. The molecule has 4 heterocycles. The molecule has 13 rings (SSSR count). The van der Waals surface area contributed by atoms with Gasteiger partial charge in [0.05, 0.1) is 11.0 Å². The van der Waals surface area contributed by atoms with Gasteiger partial charge in [0.25, 0.3) is 0 Å². The van der Waals surface area contributed by atoms with E-state index >= 15 is 0 Å². The summed E-state index contributed by atoms with van der Waals surface area (Å²) >= 11 is 1.83. The fraction of sp³-hybridized carbons (Fsp3) is 0. The van der Waals surface area contributed by atoms with Crippen LogP contribution in [0, 0.1) is 0 Å². The van der Waals surface area contributed by atoms with Crippen molar-refractivity contribution in [1.82, 2.24) is 19.5 Å². The van der Waals surface area contributed by atoms with Crippen molar-refractivity contribution in [3.8, 4) is 62.1 Å². The average molecular weight is 823 g/mol. The fourth-order valence-electron chi connectivity index (χ4n) is 9.38. The fourth-order valence-corrected chi connectivity index (χ4v) is 10.8. The molecular weight excluding hydrogens is 789 g/mol. The summed E-state index contributed by atoms with van der Waals surface area (Å²) in [5.41, 5.74) is 12.6. The Hall–Kier alpha value is -8.19. The summed E-state index contributed by atoms with van der Waals surface area (Å²) in [5, 5.41) is 6.85. The smallest absolute Gasteiger partial charge is 0.164 e. The summed E-state index contributed by atoms with van der Waals surface area (Å²) in [6, 6.07) is 72.5. The van der Waals surface area contributed by atoms with E-state index in [-0.39, 0.29) is 0 Å². The van der Waals surface area contributed by atoms with Crippen molar-refractivity contribution in [3.05, 3.63) is 206 Å². The van der Waals surface area contributed by atoms with Crippen LogP contribution in [0.2, 0.25) is 0 Å². The highest BCUT2D eigenvalue weighted by Crippen LogP contribution is 2.48. The van der Waals surface area contributed by atoms with E-state index in [1.54, 1.807) is 0 Å². The van der Waals surface area contributed by atoms with Crippen molar-refractivity contribution in [2.24, 2.45) is 0 Å². The normalized spacial score (nSPS) is 11.8. The SMILES string of the molecule is c1ccc(-c2nc(-c3ccccc3)nc(-c3ccc(-c4ccccc4)c4sc5c(-c6ccc7oc8c(ccc9c%10ccccc%10n(-c%10ccccc%10)c98)c7c6)cccc5c34)n2)cc1. The zero-order chi connectivity index (χ0) is 41.4. The third-order valence-electron chi connectivity index (χ3n) is 12.3. The molecule has 6 heteroatoms. The first kappa shape index (κ1) is 35.6. The second-order valence-electron chi connectivity index (χ2n) is 15.9. The van der Waals surface area contributed by atoms with Gasteiger partial charge in [-0.25, -0.2) is 15.0 Å². The van der Waals surface area contributed by atoms with Crippen LogP contribution < -0.4 is 0 Å². The molecule has 0 N–H and O–H groups in total. The molecule has 0 aliphatic rings. The van der Waals surface area contributed by atoms with Crippen LogP contribution in [-0.4, -0.2) is 19.5 Å². The molecule has 0 unspecified atom stereocenters. The second-order valence-corrected chi connectivity index (χ2v) is 16.9. The van der Waals surface area contributed by atoms with Gasteiger partial charge in [-0.15, -0.1) is 11.3 Å². The number of benzene rings is 9. The molecule has 5 nitrogen and oxygen atoms in total. The van der Waals surface area contributed by atoms with Crippen LogP contribution in [0.1, 0.15) is 0 Å². The minimum absolute atomic E-state index is 0.641. The summed E-state index contributed by atoms with van der Waals surface area (Å²) in [6.45, 7) is 0. The van der Waals surface area contributed by atoms with Crippen molar-refractivity contribution in [2.75, 3.05) is 0 Å². The zero-order valence-corrected chi connectivity index (χ0v) is 34.6. The third kappa shape index (κ3) is 5.66. The molecule has 294 valence electrons. The van der Waals surface area contributed by atoms with Crippen molar-refractivity contribution in [2.45, 2.75) is 0 Å². The monoisotopic (exact) mass is 822 g/mol. The van der Waals surface area contributed by atoms with Gasteiger partial charge in [0, 0.05) is 64.1 Å². The molecular formula is C57H34N4OS. The number of hydrogen-bond acceptors (Lipinski definition) is 5. The maximum Gasteiger partial charge on any atom is 0.164 e. The van der Waals surface area contributed by atoms with E-state index in [0.717, 1.165) is 71.7 Å². The predicted octanol–water partition coefficient (Wildman–Crippen LogP) is 15.6. The molecule has 9 aromatic carbocycles. The molecule has 0 aliphatic carbocycles. The molecule has 0 aliphatic heterocycles. The maximum absolute atomic E-state index is 6.86. The molecule has 0 fully saturated rings. The Morgan fingerprint density at radius 2 is 0.968 bits per heavy atom. The number of fused-ring (bicyclic) bond motifs is 10. The van der Waals surface area contributed by atoms with Crippen molar-refractivity contribution in [3.63, 3.8) is 0 Å². The van der Waals surface area contributed by atoms with Gasteiger partial charge in [0.15, 0.2) is 23.1 Å². The minimum atomic E-state index is 0.641. The number of rotatable bonds is 6. The lowest BCUT2D eigenvalue weighted by Crippen LogP contribution is -2.00. The van der Waals surface area contributed by atoms with Crippen LogP contribution >= 0.6 is 11.3 Å². The Bertz CT molecular complexity index is 3830. The molecule has 0 saturated heterocycles. The number of para-hydroxylation sites is 2. The second kappa shape index (κ2) is 14.2. The molecule has 0 saturated carbocycles. The van der Waals surface area contributed by atoms with Gasteiger partial charge in [0.2, 0.25) is 0 Å². The van der Waals surface area contributed by atoms with Gasteiger partial charge in [-0.05, 0) is 64.7 Å². The molecule has 0 spiro atoms. The molecule has 0 bridgehead atoms. The summed E-state index contributed by atoms with van der Waals surface area (Å²) in [6.07, 6.45) is 0. The standard InChI is InChI=1S/C57H34N4OS/c1-5-16-35(17-6-1)41-29-32-46(57-59-55(36-18-7-2-8-19-36)58-56(60-57)37-20-9-3-10-21-37)50-45-26-15-25-40(53(45)63-54(41)50)38-28-33-49-47(34-38)44-31-30-43-42-24-13-14-27-48(42)61(51(43)52(44)62-49)39-22-11-4-12-23-39/h1-34H. The number of thiophene rings is 1. The van der Waals surface area contributed by atoms with Gasteiger partial charge in [-0.1, -0.05) is 164 Å². The number of furan rings is 1. The third-order valence-corrected chi connectivity index (χ3v) is 13.5. The lowest BCUT2D eigenvalue weighted by Gasteiger charge is -2.11. The Labute approximate surface area is 365 Å². The zero-order valence-electron chi connectivity index (χ0n) is 33.7. The highest BCUT2D eigenvalue weighted by Gasteiger charge is 2.23. The topological polar surface area (TPSA) is 56.7 Å². The van der Waals surface area contributed by atoms with Crippen molar-refractivity contribution < 1.29 is 4.42 Å². The molecule has 0 atom stereocenters. The van der Waals surface area contributed by atoms with Gasteiger partial charge >= 0.3 is 0 Å². The molecule has 0 amide bonds. The lowest BCUT2D eigenvalue weighted by molar-refractivity contribution is 0.671. The van der Waals surface area contributed by atoms with E-state index in [1.807, 2.05) is 47.7 Å². The first-order valence-corrected chi connectivity index (χ1v) is 21.9. The van der Waals surface area contributed by atoms with Crippen LogP contribution in [0.4, 0.5) is 0 Å². The minimum Gasteiger partial charge on any atom is -0.454 e. The number of aromatic nitrogens is 4. The average Bonchev–Trinajstić information content (AvgIpc) is 4.05. The molecule has 0 radical (unpaired) electrons. The summed E-state index contributed by atoms with van der Waals surface area (Å²) < 4.78 is 11.6. The van der Waals surface area contributed by atoms with E-state index < -0.39 is 0 Å². The summed E-state index contributed by atoms with van der Waals surface area (Å²) in [7, 11) is 0. The molecule has 13 aromatic rings. The number of nitrogens with zero attached hydrogens (tertiary/aromatic N) is 4. The van der Waals surface area contributed by atoms with Crippen molar-refractivity contribution in [1.29, 1.82) is 0 Å². The van der Waals surface area contributed by atoms with Crippen LogP contribution in [0.3, 0.4) is 0 Å². The lowest BCUT2D eigenvalue weighted by atomic mass is 9.96. The van der Waals surface area contributed by atoms with Gasteiger partial charge < -0.3 is 8.98 Å². The number of hydrogen-bond donors (Lipinski definition) is 0. The maximum atomic E-state index is 6.86. The van der Waals surface area contributed by atoms with Crippen molar-refractivity contribution >= 4 is 75.3 Å². The van der Waals surface area contributed by atoms with Gasteiger partial charge in [-0.2, -0.15) is 0 Å². The predicted molar refractivity (Wildman–Crippen MR) is 262 cm³/mol. The van der Waals surface area contributed by atoms with E-state index in [0.29, 0.717) is 17.5 Å². The molecule has 63 heavy (non-hydrogen) atoms. The largest absolute Gasteiger partial charge is 0.454 e. The van der Waals surface area contributed by atoms with E-state index in [1.165, 1.54) is 36.9 Å². The van der Waals surface area contributed by atoms with E-state index in [9.17, 15) is 0 Å². The van der Waals surface area contributed by atoms with Crippen LogP contribution in [0.5, 0.6) is 0 Å². The highest BCUT2D eigenvalue weighted by atomic mass is 32.1. The Morgan fingerprint density at radius 3 is 1.70 bits per heavy atom. The van der Waals surface area contributed by atoms with E-state index in [4.69, 9.17) is 19.4 Å². The van der Waals surface area contributed by atoms with E-state index in [2.05, 4.69) is 174 Å². The summed E-state index contributed by atoms with van der Waals surface area (Å²) in [5.74, 6) is 1.92. The van der Waals surface area contributed by atoms with Crippen LogP contribution in [-0.2, 0) is 0 Å². The Kier molecular flexibility index (Phi) is 8.01. The first-order valence-electron chi connectivity index (χ1n) is 21.1. The quantitative estimate of drug-likeness (QED) is 0.168. The van der Waals surface area contributed by atoms with Crippen LogP contribution in [0.25, 0.3) is 126 Å². The molecule has 4 aromatic heterocycles. The first-order chi connectivity index (χ1) is 31.2. The van der Waals surface area contributed by atoms with Gasteiger partial charge in [0.1, 0.15) is 5.58 Å². The highest BCUT2D eigenvalue weighted by molar-refractivity contribution is 7.27. The van der Waals surface area contributed by atoms with Crippen LogP contribution in [0.15, 0.2) is 211 Å². The summed E-state index contributed by atoms with van der Waals surface area (Å²) in [4.78, 5) is 15.4. The van der Waals surface area contributed by atoms with Gasteiger partial charge in [-0.3, -0.25) is 0 Å². The Balaban J connectivity index is 1.05.